The van der Waals surface area contributed by atoms with Crippen molar-refractivity contribution in [2.24, 2.45) is 5.73 Å². The van der Waals surface area contributed by atoms with Gasteiger partial charge in [0.15, 0.2) is 5.58 Å². The summed E-state index contributed by atoms with van der Waals surface area (Å²) < 4.78 is 11.1. The first-order valence-electron chi connectivity index (χ1n) is 7.95. The van der Waals surface area contributed by atoms with Crippen LogP contribution in [0, 0.1) is 0 Å². The summed E-state index contributed by atoms with van der Waals surface area (Å²) in [5.74, 6) is 0.568. The van der Waals surface area contributed by atoms with Gasteiger partial charge in [0.25, 0.3) is 5.91 Å². The molecular weight excluding hydrogens is 330 g/mol. The van der Waals surface area contributed by atoms with Crippen LogP contribution in [0.1, 0.15) is 10.4 Å². The number of carbonyl (C=O) groups is 1. The van der Waals surface area contributed by atoms with Crippen LogP contribution in [0.25, 0.3) is 33.7 Å². The van der Waals surface area contributed by atoms with Crippen molar-refractivity contribution in [3.8, 4) is 28.3 Å². The molecule has 6 nitrogen and oxygen atoms in total. The molecule has 2 heterocycles. The van der Waals surface area contributed by atoms with E-state index in [0.717, 1.165) is 16.7 Å². The number of pyridine rings is 1. The highest BCUT2D eigenvalue weighted by Gasteiger charge is 2.14. The lowest BCUT2D eigenvalue weighted by atomic mass is 10.0. The van der Waals surface area contributed by atoms with Gasteiger partial charge in [0.1, 0.15) is 11.3 Å². The van der Waals surface area contributed by atoms with Gasteiger partial charge in [0.05, 0.1) is 18.9 Å². The maximum Gasteiger partial charge on any atom is 0.251 e. The van der Waals surface area contributed by atoms with E-state index in [0.29, 0.717) is 28.3 Å². The van der Waals surface area contributed by atoms with Crippen LogP contribution in [0.3, 0.4) is 0 Å². The molecule has 0 aliphatic carbocycles. The number of hydrogen-bond acceptors (Lipinski definition) is 5. The minimum Gasteiger partial charge on any atom is -0.495 e. The minimum atomic E-state index is -0.536. The molecule has 0 fully saturated rings. The zero-order chi connectivity index (χ0) is 18.1. The van der Waals surface area contributed by atoms with Crippen LogP contribution in [-0.2, 0) is 0 Å². The number of aromatic nitrogens is 2. The van der Waals surface area contributed by atoms with Gasteiger partial charge in [-0.05, 0) is 35.9 Å². The number of oxazole rings is 1. The molecule has 6 heteroatoms. The van der Waals surface area contributed by atoms with Gasteiger partial charge in [0.2, 0.25) is 5.89 Å². The second-order valence-corrected chi connectivity index (χ2v) is 5.73. The molecule has 2 aromatic heterocycles. The highest BCUT2D eigenvalue weighted by Crippen LogP contribution is 2.30. The number of hydrogen-bond donors (Lipinski definition) is 1. The predicted molar refractivity (Wildman–Crippen MR) is 97.7 cm³/mol. The smallest absolute Gasteiger partial charge is 0.251 e. The number of para-hydroxylation sites is 1. The number of nitrogens with two attached hydrogens (primary N) is 1. The first-order chi connectivity index (χ1) is 12.7. The van der Waals surface area contributed by atoms with Crippen molar-refractivity contribution in [1.29, 1.82) is 0 Å². The van der Waals surface area contributed by atoms with Crippen LogP contribution in [0.5, 0.6) is 5.75 Å². The third-order valence-corrected chi connectivity index (χ3v) is 4.08. The van der Waals surface area contributed by atoms with Crippen molar-refractivity contribution in [3.05, 3.63) is 66.5 Å². The van der Waals surface area contributed by atoms with Crippen LogP contribution in [-0.4, -0.2) is 23.0 Å². The molecule has 0 aliphatic heterocycles. The van der Waals surface area contributed by atoms with E-state index < -0.39 is 5.91 Å². The van der Waals surface area contributed by atoms with Gasteiger partial charge in [-0.3, -0.25) is 9.78 Å². The van der Waals surface area contributed by atoms with Gasteiger partial charge in [-0.1, -0.05) is 18.2 Å². The molecule has 0 radical (unpaired) electrons. The highest BCUT2D eigenvalue weighted by atomic mass is 16.5. The summed E-state index contributed by atoms with van der Waals surface area (Å²) >= 11 is 0. The number of ether oxygens (including phenoxy) is 1. The zero-order valence-corrected chi connectivity index (χ0v) is 14.0. The average Bonchev–Trinajstić information content (AvgIpc) is 3.12. The van der Waals surface area contributed by atoms with Crippen LogP contribution in [0.2, 0.25) is 0 Å². The molecule has 2 aromatic carbocycles. The molecule has 2 N–H and O–H groups in total. The predicted octanol–water partition coefficient (Wildman–Crippen LogP) is 3.66. The molecule has 128 valence electrons. The Balaban J connectivity index is 1.80. The van der Waals surface area contributed by atoms with Crippen molar-refractivity contribution in [1.82, 2.24) is 9.97 Å². The van der Waals surface area contributed by atoms with Gasteiger partial charge < -0.3 is 14.9 Å². The van der Waals surface area contributed by atoms with Gasteiger partial charge in [-0.15, -0.1) is 0 Å². The second-order valence-electron chi connectivity index (χ2n) is 5.73. The number of carbonyl (C=O) groups excluding carboxylic acids is 1. The van der Waals surface area contributed by atoms with Crippen molar-refractivity contribution in [2.45, 2.75) is 0 Å². The molecule has 0 aliphatic rings. The molecule has 0 bridgehead atoms. The van der Waals surface area contributed by atoms with E-state index in [-0.39, 0.29) is 0 Å². The first-order valence-corrected chi connectivity index (χ1v) is 7.95. The van der Waals surface area contributed by atoms with Gasteiger partial charge in [-0.2, -0.15) is 0 Å². The van der Waals surface area contributed by atoms with Crippen molar-refractivity contribution in [3.63, 3.8) is 0 Å². The summed E-state index contributed by atoms with van der Waals surface area (Å²) in [7, 11) is 1.60. The third kappa shape index (κ3) is 2.77. The maximum atomic E-state index is 11.6. The van der Waals surface area contributed by atoms with Gasteiger partial charge in [0, 0.05) is 17.3 Å². The van der Waals surface area contributed by atoms with E-state index in [1.165, 1.54) is 0 Å². The van der Waals surface area contributed by atoms with Crippen LogP contribution in [0.4, 0.5) is 0 Å². The zero-order valence-electron chi connectivity index (χ0n) is 14.0. The van der Waals surface area contributed by atoms with E-state index in [1.807, 2.05) is 30.3 Å². The fraction of sp³-hybridized carbons (Fsp3) is 0.0500. The largest absolute Gasteiger partial charge is 0.495 e. The summed E-state index contributed by atoms with van der Waals surface area (Å²) in [5.41, 5.74) is 9.39. The number of benzene rings is 2. The van der Waals surface area contributed by atoms with Crippen molar-refractivity contribution < 1.29 is 13.9 Å². The molecule has 26 heavy (non-hydrogen) atoms. The fourth-order valence-electron chi connectivity index (χ4n) is 2.79. The molecule has 4 rings (SSSR count). The van der Waals surface area contributed by atoms with Crippen molar-refractivity contribution in [2.75, 3.05) is 7.11 Å². The molecule has 1 amide bonds. The lowest BCUT2D eigenvalue weighted by Crippen LogP contribution is -2.11. The van der Waals surface area contributed by atoms with Crippen LogP contribution >= 0.6 is 0 Å². The van der Waals surface area contributed by atoms with E-state index in [4.69, 9.17) is 14.9 Å². The quantitative estimate of drug-likeness (QED) is 0.609. The Labute approximate surface area is 149 Å². The Bertz CT molecular complexity index is 1120. The topological polar surface area (TPSA) is 91.2 Å². The Morgan fingerprint density at radius 1 is 1.04 bits per heavy atom. The molecular formula is C20H15N3O3. The van der Waals surface area contributed by atoms with E-state index in [2.05, 4.69) is 9.97 Å². The summed E-state index contributed by atoms with van der Waals surface area (Å²) in [6, 6.07) is 14.7. The van der Waals surface area contributed by atoms with E-state index >= 15 is 0 Å². The monoisotopic (exact) mass is 345 g/mol. The summed E-state index contributed by atoms with van der Waals surface area (Å²) in [6.07, 6.45) is 3.42. The molecule has 4 aromatic rings. The Morgan fingerprint density at radius 3 is 2.65 bits per heavy atom. The third-order valence-electron chi connectivity index (χ3n) is 4.08. The number of nitrogens with zero attached hydrogens (tertiary/aromatic N) is 2. The number of primary amides is 1. The Hall–Kier alpha value is -3.67. The molecule has 0 saturated heterocycles. The number of methoxy groups -OCH3 is 1. The average molecular weight is 345 g/mol. The standard InChI is InChI=1S/C20H15N3O3/c1-25-15-9-14(10-22-11-15)12-4-2-5-13(8-12)20-23-18-16(19(21)24)6-3-7-17(18)26-20/h2-11H,1H3,(H2,21,24). The molecule has 0 spiro atoms. The van der Waals surface area contributed by atoms with Crippen LogP contribution < -0.4 is 10.5 Å². The Morgan fingerprint density at radius 2 is 1.85 bits per heavy atom. The van der Waals surface area contributed by atoms with E-state index in [9.17, 15) is 4.79 Å². The second kappa shape index (κ2) is 6.33. The number of fused-ring (bicyclic) bond motifs is 1. The highest BCUT2D eigenvalue weighted by molar-refractivity contribution is 6.04. The SMILES string of the molecule is COc1cncc(-c2cccc(-c3nc4c(C(N)=O)cccc4o3)c2)c1. The summed E-state index contributed by atoms with van der Waals surface area (Å²) in [5, 5.41) is 0. The molecule has 0 saturated carbocycles. The first kappa shape index (κ1) is 15.8. The van der Waals surface area contributed by atoms with Crippen molar-refractivity contribution >= 4 is 17.0 Å². The molecule has 0 atom stereocenters. The lowest BCUT2D eigenvalue weighted by Gasteiger charge is -2.05. The van der Waals surface area contributed by atoms with E-state index in [1.54, 1.807) is 37.7 Å². The fourth-order valence-corrected chi connectivity index (χ4v) is 2.79. The Kier molecular flexibility index (Phi) is 3.85. The van der Waals surface area contributed by atoms with Crippen LogP contribution in [0.15, 0.2) is 65.3 Å². The maximum absolute atomic E-state index is 11.6. The molecule has 0 unspecified atom stereocenters. The van der Waals surface area contributed by atoms with Gasteiger partial charge in [-0.25, -0.2) is 4.98 Å². The number of rotatable bonds is 4. The normalized spacial score (nSPS) is 10.8. The summed E-state index contributed by atoms with van der Waals surface area (Å²) in [6.45, 7) is 0. The minimum absolute atomic E-state index is 0.339. The number of amides is 1. The summed E-state index contributed by atoms with van der Waals surface area (Å²) in [4.78, 5) is 20.2. The lowest BCUT2D eigenvalue weighted by molar-refractivity contribution is 0.100. The van der Waals surface area contributed by atoms with Gasteiger partial charge >= 0.3 is 0 Å².